The molecule has 1 aromatic rings. The van der Waals surface area contributed by atoms with Gasteiger partial charge in [-0.05, 0) is 18.9 Å². The van der Waals surface area contributed by atoms with Gasteiger partial charge in [-0.2, -0.15) is 0 Å². The minimum atomic E-state index is -0.183. The maximum atomic E-state index is 11.1. The first-order valence-electron chi connectivity index (χ1n) is 4.07. The molecule has 0 atom stereocenters. The van der Waals surface area contributed by atoms with E-state index in [-0.39, 0.29) is 5.12 Å². The van der Waals surface area contributed by atoms with Crippen molar-refractivity contribution in [2.24, 2.45) is 0 Å². The average Bonchev–Trinajstić information content (AvgIpc) is 2.03. The summed E-state index contributed by atoms with van der Waals surface area (Å²) in [6.45, 7) is 5.76. The van der Waals surface area contributed by atoms with Gasteiger partial charge < -0.3 is 0 Å². The highest BCUT2D eigenvalue weighted by Crippen LogP contribution is 2.14. The van der Waals surface area contributed by atoms with Crippen LogP contribution in [0.25, 0.3) is 0 Å². The third kappa shape index (κ3) is 2.74. The third-order valence-corrected chi connectivity index (χ3v) is 1.98. The van der Waals surface area contributed by atoms with E-state index < -0.39 is 0 Å². The number of hydrogen-bond donors (Lipinski definition) is 1. The smallest absolute Gasteiger partial charge is 0.216 e. The van der Waals surface area contributed by atoms with Crippen LogP contribution < -0.4 is 0 Å². The summed E-state index contributed by atoms with van der Waals surface area (Å²) in [6, 6.07) is 7.47. The Morgan fingerprint density at radius 2 is 2.08 bits per heavy atom. The standard InChI is InChI=1S/C11H12OS/c1-8(2)7-9-5-3-4-6-10(9)11(12)13/h3-6H,1,7H2,2H3,(H,12,13). The van der Waals surface area contributed by atoms with E-state index in [0.29, 0.717) is 5.56 Å². The number of thiol groups is 1. The first kappa shape index (κ1) is 10.1. The van der Waals surface area contributed by atoms with Crippen molar-refractivity contribution < 1.29 is 4.79 Å². The summed E-state index contributed by atoms with van der Waals surface area (Å²) in [5.41, 5.74) is 2.71. The van der Waals surface area contributed by atoms with E-state index in [1.807, 2.05) is 25.1 Å². The Bertz CT molecular complexity index is 342. The summed E-state index contributed by atoms with van der Waals surface area (Å²) >= 11 is 3.81. The predicted molar refractivity (Wildman–Crippen MR) is 58.3 cm³/mol. The molecule has 0 saturated carbocycles. The Hall–Kier alpha value is -1.02. The van der Waals surface area contributed by atoms with Gasteiger partial charge in [0.15, 0.2) is 0 Å². The molecule has 1 rings (SSSR count). The molecular formula is C11H12OS. The van der Waals surface area contributed by atoms with Crippen molar-refractivity contribution in [2.45, 2.75) is 13.3 Å². The second kappa shape index (κ2) is 4.28. The summed E-state index contributed by atoms with van der Waals surface area (Å²) in [4.78, 5) is 11.1. The fourth-order valence-corrected chi connectivity index (χ4v) is 1.43. The molecule has 0 heterocycles. The molecule has 0 aliphatic rings. The van der Waals surface area contributed by atoms with Crippen LogP contribution >= 0.6 is 12.6 Å². The van der Waals surface area contributed by atoms with Crippen LogP contribution in [0.3, 0.4) is 0 Å². The van der Waals surface area contributed by atoms with Crippen LogP contribution in [0, 0.1) is 0 Å². The molecule has 2 heteroatoms. The first-order valence-corrected chi connectivity index (χ1v) is 4.51. The van der Waals surface area contributed by atoms with Crippen molar-refractivity contribution in [3.8, 4) is 0 Å². The minimum Gasteiger partial charge on any atom is -0.282 e. The quantitative estimate of drug-likeness (QED) is 0.575. The van der Waals surface area contributed by atoms with E-state index in [1.54, 1.807) is 6.07 Å². The zero-order valence-electron chi connectivity index (χ0n) is 7.58. The lowest BCUT2D eigenvalue weighted by atomic mass is 10.0. The SMILES string of the molecule is C=C(C)Cc1ccccc1C(=O)S. The maximum Gasteiger partial charge on any atom is 0.216 e. The molecular weight excluding hydrogens is 180 g/mol. The van der Waals surface area contributed by atoms with Crippen LogP contribution in [0.15, 0.2) is 36.4 Å². The predicted octanol–water partition coefficient (Wildman–Crippen LogP) is 2.88. The third-order valence-electron chi connectivity index (χ3n) is 1.74. The van der Waals surface area contributed by atoms with Crippen molar-refractivity contribution in [3.05, 3.63) is 47.5 Å². The van der Waals surface area contributed by atoms with Gasteiger partial charge in [0.2, 0.25) is 5.12 Å². The Labute approximate surface area is 83.9 Å². The molecule has 0 bridgehead atoms. The van der Waals surface area contributed by atoms with Gasteiger partial charge in [-0.3, -0.25) is 4.79 Å². The fraction of sp³-hybridized carbons (Fsp3) is 0.182. The Morgan fingerprint density at radius 3 is 2.62 bits per heavy atom. The molecule has 68 valence electrons. The molecule has 0 N–H and O–H groups in total. The summed E-state index contributed by atoms with van der Waals surface area (Å²) in [5.74, 6) is 0. The highest BCUT2D eigenvalue weighted by molar-refractivity contribution is 7.97. The molecule has 13 heavy (non-hydrogen) atoms. The molecule has 0 unspecified atom stereocenters. The first-order chi connectivity index (χ1) is 6.11. The zero-order valence-corrected chi connectivity index (χ0v) is 8.47. The van der Waals surface area contributed by atoms with E-state index in [2.05, 4.69) is 19.2 Å². The molecule has 0 radical (unpaired) electrons. The van der Waals surface area contributed by atoms with Crippen LogP contribution in [-0.4, -0.2) is 5.12 Å². The van der Waals surface area contributed by atoms with Crippen LogP contribution in [0.4, 0.5) is 0 Å². The molecule has 0 spiro atoms. The number of benzene rings is 1. The largest absolute Gasteiger partial charge is 0.282 e. The fourth-order valence-electron chi connectivity index (χ4n) is 1.21. The molecule has 0 aliphatic carbocycles. The lowest BCUT2D eigenvalue weighted by Gasteiger charge is -2.04. The summed E-state index contributed by atoms with van der Waals surface area (Å²) < 4.78 is 0. The van der Waals surface area contributed by atoms with Gasteiger partial charge in [0.25, 0.3) is 0 Å². The van der Waals surface area contributed by atoms with Crippen molar-refractivity contribution in [1.82, 2.24) is 0 Å². The number of hydrogen-bond acceptors (Lipinski definition) is 1. The van der Waals surface area contributed by atoms with E-state index in [1.165, 1.54) is 0 Å². The highest BCUT2D eigenvalue weighted by atomic mass is 32.1. The minimum absolute atomic E-state index is 0.183. The van der Waals surface area contributed by atoms with Gasteiger partial charge in [-0.15, -0.1) is 12.6 Å². The van der Waals surface area contributed by atoms with Crippen molar-refractivity contribution >= 4 is 17.7 Å². The molecule has 0 aliphatic heterocycles. The van der Waals surface area contributed by atoms with Gasteiger partial charge in [0, 0.05) is 5.56 Å². The molecule has 1 aromatic carbocycles. The normalized spacial score (nSPS) is 9.69. The van der Waals surface area contributed by atoms with E-state index >= 15 is 0 Å². The second-order valence-electron chi connectivity index (χ2n) is 3.10. The number of rotatable bonds is 3. The second-order valence-corrected chi connectivity index (χ2v) is 3.50. The van der Waals surface area contributed by atoms with Gasteiger partial charge >= 0.3 is 0 Å². The number of allylic oxidation sites excluding steroid dienone is 1. The molecule has 0 aromatic heterocycles. The summed E-state index contributed by atoms with van der Waals surface area (Å²) in [5, 5.41) is -0.183. The highest BCUT2D eigenvalue weighted by Gasteiger charge is 2.05. The molecule has 0 amide bonds. The lowest BCUT2D eigenvalue weighted by Crippen LogP contribution is -1.97. The van der Waals surface area contributed by atoms with Crippen molar-refractivity contribution in [3.63, 3.8) is 0 Å². The summed E-state index contributed by atoms with van der Waals surface area (Å²) in [7, 11) is 0. The molecule has 0 saturated heterocycles. The van der Waals surface area contributed by atoms with Crippen molar-refractivity contribution in [1.29, 1.82) is 0 Å². The number of carbonyl (C=O) groups is 1. The van der Waals surface area contributed by atoms with Crippen LogP contribution in [0.2, 0.25) is 0 Å². The Kier molecular flexibility index (Phi) is 3.32. The molecule has 0 fully saturated rings. The van der Waals surface area contributed by atoms with Crippen LogP contribution in [-0.2, 0) is 6.42 Å². The van der Waals surface area contributed by atoms with Crippen LogP contribution in [0.1, 0.15) is 22.8 Å². The Balaban J connectivity index is 3.04. The van der Waals surface area contributed by atoms with Gasteiger partial charge in [-0.25, -0.2) is 0 Å². The van der Waals surface area contributed by atoms with E-state index in [0.717, 1.165) is 17.6 Å². The molecule has 1 nitrogen and oxygen atoms in total. The summed E-state index contributed by atoms with van der Waals surface area (Å²) in [6.07, 6.45) is 0.739. The Morgan fingerprint density at radius 1 is 1.46 bits per heavy atom. The van der Waals surface area contributed by atoms with Crippen molar-refractivity contribution in [2.75, 3.05) is 0 Å². The number of carbonyl (C=O) groups excluding carboxylic acids is 1. The van der Waals surface area contributed by atoms with E-state index in [4.69, 9.17) is 0 Å². The van der Waals surface area contributed by atoms with Gasteiger partial charge in [0.1, 0.15) is 0 Å². The topological polar surface area (TPSA) is 17.1 Å². The zero-order chi connectivity index (χ0) is 9.84. The lowest BCUT2D eigenvalue weighted by molar-refractivity contribution is 0.109. The van der Waals surface area contributed by atoms with Gasteiger partial charge in [0.05, 0.1) is 0 Å². The monoisotopic (exact) mass is 192 g/mol. The maximum absolute atomic E-state index is 11.1. The van der Waals surface area contributed by atoms with Gasteiger partial charge in [-0.1, -0.05) is 36.4 Å². The average molecular weight is 192 g/mol. The van der Waals surface area contributed by atoms with E-state index in [9.17, 15) is 4.79 Å². The van der Waals surface area contributed by atoms with Crippen LogP contribution in [0.5, 0.6) is 0 Å².